The molecule has 0 spiro atoms. The molecule has 0 bridgehead atoms. The molecule has 0 atom stereocenters. The Hall–Kier alpha value is -2.29. The summed E-state index contributed by atoms with van der Waals surface area (Å²) in [5.41, 5.74) is 3.19. The molecule has 0 fully saturated rings. The van der Waals surface area contributed by atoms with Crippen LogP contribution in [0.3, 0.4) is 0 Å². The lowest BCUT2D eigenvalue weighted by atomic mass is 10.1. The Morgan fingerprint density at radius 2 is 2.04 bits per heavy atom. The summed E-state index contributed by atoms with van der Waals surface area (Å²) < 4.78 is 22.6. The maximum atomic E-state index is 12.5. The summed E-state index contributed by atoms with van der Waals surface area (Å²) in [5, 5.41) is 12.6. The van der Waals surface area contributed by atoms with Gasteiger partial charge >= 0.3 is 0 Å². The van der Waals surface area contributed by atoms with Crippen LogP contribution in [-0.4, -0.2) is 24.4 Å². The Morgan fingerprint density at radius 3 is 2.72 bits per heavy atom. The number of aromatic nitrogens is 1. The molecule has 2 N–H and O–H groups in total. The van der Waals surface area contributed by atoms with Gasteiger partial charge < -0.3 is 10.4 Å². The summed E-state index contributed by atoms with van der Waals surface area (Å²) in [6.45, 7) is 1.66. The van der Waals surface area contributed by atoms with Crippen LogP contribution in [0.2, 0.25) is 0 Å². The van der Waals surface area contributed by atoms with Gasteiger partial charge in [-0.2, -0.15) is 0 Å². The number of rotatable bonds is 5. The first-order chi connectivity index (χ1) is 12.0. The van der Waals surface area contributed by atoms with E-state index >= 15 is 0 Å². The van der Waals surface area contributed by atoms with E-state index in [0.717, 1.165) is 10.2 Å². The smallest absolute Gasteiger partial charge is 0.255 e. The second-order valence-corrected chi connectivity index (χ2v) is 7.64. The first kappa shape index (κ1) is 17.5. The van der Waals surface area contributed by atoms with E-state index in [1.807, 2.05) is 6.07 Å². The lowest BCUT2D eigenvalue weighted by Crippen LogP contribution is -2.13. The van der Waals surface area contributed by atoms with Gasteiger partial charge in [0.25, 0.3) is 5.91 Å². The molecule has 0 aliphatic rings. The maximum absolute atomic E-state index is 12.5. The van der Waals surface area contributed by atoms with Crippen LogP contribution < -0.4 is 5.32 Å². The molecule has 3 rings (SSSR count). The summed E-state index contributed by atoms with van der Waals surface area (Å²) in [4.78, 5) is 16.8. The van der Waals surface area contributed by atoms with Crippen molar-refractivity contribution in [1.29, 1.82) is 0 Å². The van der Waals surface area contributed by atoms with E-state index in [0.29, 0.717) is 27.4 Å². The number of hydrogen-bond donors (Lipinski definition) is 3. The first-order valence-corrected chi connectivity index (χ1v) is 9.67. The number of thiazole rings is 1. The number of thiol groups is 1. The number of nitrogens with zero attached hydrogens (tertiary/aromatic N) is 1. The Morgan fingerprint density at radius 1 is 1.24 bits per heavy atom. The van der Waals surface area contributed by atoms with Crippen molar-refractivity contribution in [2.75, 3.05) is 5.32 Å². The Labute approximate surface area is 150 Å². The summed E-state index contributed by atoms with van der Waals surface area (Å²) >= 11 is 1.41. The van der Waals surface area contributed by atoms with Crippen LogP contribution in [0, 0.1) is 6.92 Å². The number of carbonyl (C=O) groups is 1. The minimum Gasteiger partial charge on any atom is -0.389 e. The molecule has 1 heterocycles. The molecule has 0 aliphatic carbocycles. The third kappa shape index (κ3) is 4.04. The van der Waals surface area contributed by atoms with Crippen LogP contribution >= 0.6 is 11.3 Å². The van der Waals surface area contributed by atoms with Crippen molar-refractivity contribution in [1.82, 2.24) is 4.98 Å². The van der Waals surface area contributed by atoms with Crippen LogP contribution in [0.4, 0.5) is 5.69 Å². The molecule has 2 aromatic carbocycles. The van der Waals surface area contributed by atoms with E-state index in [1.54, 1.807) is 37.3 Å². The van der Waals surface area contributed by atoms with Crippen molar-refractivity contribution in [2.24, 2.45) is 0 Å². The minimum atomic E-state index is -2.49. The van der Waals surface area contributed by atoms with Gasteiger partial charge in [-0.3, -0.25) is 4.79 Å². The molecular formula is C17H16N2O4S2. The lowest BCUT2D eigenvalue weighted by Gasteiger charge is -2.09. The Kier molecular flexibility index (Phi) is 5.12. The second-order valence-electron chi connectivity index (χ2n) is 5.54. The molecule has 1 aromatic heterocycles. The number of nitrogens with one attached hydrogen (secondary N) is 1. The number of aryl methyl sites for hydroxylation is 1. The van der Waals surface area contributed by atoms with Gasteiger partial charge in [-0.1, -0.05) is 12.1 Å². The molecule has 25 heavy (non-hydrogen) atoms. The number of fused-ring (bicyclic) bond motifs is 1. The zero-order valence-electron chi connectivity index (χ0n) is 13.4. The van der Waals surface area contributed by atoms with Gasteiger partial charge in [0, 0.05) is 11.3 Å². The zero-order valence-corrected chi connectivity index (χ0v) is 15.1. The summed E-state index contributed by atoms with van der Waals surface area (Å²) in [7, 11) is -2.49. The molecule has 6 nitrogen and oxygen atoms in total. The number of anilines is 1. The molecular weight excluding hydrogens is 360 g/mol. The van der Waals surface area contributed by atoms with E-state index in [1.165, 1.54) is 11.3 Å². The highest BCUT2D eigenvalue weighted by atomic mass is 32.2. The molecule has 8 heteroatoms. The van der Waals surface area contributed by atoms with Gasteiger partial charge in [-0.05, 0) is 42.3 Å². The molecule has 0 saturated heterocycles. The maximum Gasteiger partial charge on any atom is 0.255 e. The molecule has 1 amide bonds. The van der Waals surface area contributed by atoms with E-state index in [9.17, 15) is 13.2 Å². The number of carbonyl (C=O) groups excluding carboxylic acids is 1. The average Bonchev–Trinajstić information content (AvgIpc) is 2.96. The van der Waals surface area contributed by atoms with E-state index in [2.05, 4.69) is 10.3 Å². The van der Waals surface area contributed by atoms with Gasteiger partial charge in [0.15, 0.2) is 0 Å². The van der Waals surface area contributed by atoms with E-state index < -0.39 is 10.7 Å². The highest BCUT2D eigenvalue weighted by Gasteiger charge is 2.11. The van der Waals surface area contributed by atoms with Crippen molar-refractivity contribution < 1.29 is 18.3 Å². The van der Waals surface area contributed by atoms with Crippen LogP contribution in [-0.2, 0) is 23.1 Å². The highest BCUT2D eigenvalue weighted by Crippen LogP contribution is 2.25. The number of benzene rings is 2. The molecule has 3 aromatic rings. The highest BCUT2D eigenvalue weighted by molar-refractivity contribution is 7.71. The van der Waals surface area contributed by atoms with Crippen molar-refractivity contribution >= 4 is 43.9 Å². The molecule has 0 saturated carbocycles. The minimum absolute atomic E-state index is 0.0360. The first-order valence-electron chi connectivity index (χ1n) is 7.49. The predicted molar refractivity (Wildman–Crippen MR) is 98.7 cm³/mol. The van der Waals surface area contributed by atoms with Crippen molar-refractivity contribution in [3.63, 3.8) is 0 Å². The number of hydrogen-bond acceptors (Lipinski definition) is 6. The zero-order chi connectivity index (χ0) is 18.0. The largest absolute Gasteiger partial charge is 0.389 e. The summed E-state index contributed by atoms with van der Waals surface area (Å²) in [6.07, 6.45) is 0. The van der Waals surface area contributed by atoms with Crippen LogP contribution in [0.5, 0.6) is 0 Å². The molecule has 0 unspecified atom stereocenters. The third-order valence-electron chi connectivity index (χ3n) is 3.67. The number of aliphatic hydroxyl groups is 1. The third-order valence-corrected chi connectivity index (χ3v) is 5.32. The van der Waals surface area contributed by atoms with Crippen molar-refractivity contribution in [3.05, 3.63) is 58.1 Å². The second kappa shape index (κ2) is 7.30. The quantitative estimate of drug-likeness (QED) is 0.595. The van der Waals surface area contributed by atoms with Gasteiger partial charge in [0.1, 0.15) is 15.7 Å². The summed E-state index contributed by atoms with van der Waals surface area (Å²) in [6, 6.07) is 10.4. The van der Waals surface area contributed by atoms with Gasteiger partial charge in [-0.15, -0.1) is 11.3 Å². The predicted octanol–water partition coefficient (Wildman–Crippen LogP) is 2.46. The standard InChI is InChI=1S/C17H16N2O4S2/c1-10-6-11(9-25(22)23)2-4-13(10)17(21)18-12-3-5-15-14(7-12)19-16(8-20)24-15/h2-7,20,25H,8-9H2,1H3,(H,18,21). The fourth-order valence-electron chi connectivity index (χ4n) is 2.55. The fourth-order valence-corrected chi connectivity index (χ4v) is 3.85. The normalized spacial score (nSPS) is 11.2. The Balaban J connectivity index is 1.81. The number of aliphatic hydroxyl groups excluding tert-OH is 1. The average molecular weight is 376 g/mol. The van der Waals surface area contributed by atoms with E-state index in [-0.39, 0.29) is 18.3 Å². The van der Waals surface area contributed by atoms with Gasteiger partial charge in [-0.25, -0.2) is 13.4 Å². The fraction of sp³-hybridized carbons (Fsp3) is 0.176. The van der Waals surface area contributed by atoms with Gasteiger partial charge in [0.2, 0.25) is 0 Å². The van der Waals surface area contributed by atoms with Gasteiger partial charge in [0.05, 0.1) is 22.6 Å². The van der Waals surface area contributed by atoms with Crippen molar-refractivity contribution in [3.8, 4) is 0 Å². The van der Waals surface area contributed by atoms with E-state index in [4.69, 9.17) is 5.11 Å². The molecule has 130 valence electrons. The summed E-state index contributed by atoms with van der Waals surface area (Å²) in [5.74, 6) is -0.307. The van der Waals surface area contributed by atoms with Crippen LogP contribution in [0.25, 0.3) is 10.2 Å². The SMILES string of the molecule is Cc1cc(C[SH](=O)=O)ccc1C(=O)Nc1ccc2sc(CO)nc2c1. The van der Waals surface area contributed by atoms with Crippen molar-refractivity contribution in [2.45, 2.75) is 19.3 Å². The number of amides is 1. The van der Waals surface area contributed by atoms with Crippen LogP contribution in [0.1, 0.15) is 26.5 Å². The lowest BCUT2D eigenvalue weighted by molar-refractivity contribution is 0.102. The Bertz CT molecular complexity index is 1020. The van der Waals surface area contributed by atoms with Crippen LogP contribution in [0.15, 0.2) is 36.4 Å². The molecule has 0 aliphatic heterocycles. The molecule has 0 radical (unpaired) electrons. The monoisotopic (exact) mass is 376 g/mol. The topological polar surface area (TPSA) is 96.4 Å².